The van der Waals surface area contributed by atoms with Gasteiger partial charge in [-0.25, -0.2) is 9.59 Å². The van der Waals surface area contributed by atoms with Crippen molar-refractivity contribution in [2.75, 3.05) is 25.1 Å². The SMILES string of the molecule is CC=C1CN2CC[C@@]34c5ccccc5N5[C@@H](C(=O)OC)[C@@H]1C[C@@H]2[C@]53Oc1c4ccc(C(=O)O)c1O. The van der Waals surface area contributed by atoms with Crippen LogP contribution in [-0.2, 0) is 14.9 Å². The fraction of sp³-hybridized carbons (Fsp3) is 0.407. The van der Waals surface area contributed by atoms with Crippen molar-refractivity contribution in [2.24, 2.45) is 5.92 Å². The fourth-order valence-corrected chi connectivity index (χ4v) is 7.92. The number of esters is 1. The molecule has 2 N–H and O–H groups in total. The molecule has 0 aliphatic carbocycles. The summed E-state index contributed by atoms with van der Waals surface area (Å²) in [7, 11) is 1.42. The van der Waals surface area contributed by atoms with Crippen molar-refractivity contribution in [1.82, 2.24) is 4.90 Å². The van der Waals surface area contributed by atoms with Crippen LogP contribution in [0.1, 0.15) is 41.3 Å². The monoisotopic (exact) mass is 474 g/mol. The van der Waals surface area contributed by atoms with E-state index in [-0.39, 0.29) is 35.0 Å². The summed E-state index contributed by atoms with van der Waals surface area (Å²) in [5.41, 5.74) is 2.14. The maximum atomic E-state index is 13.5. The van der Waals surface area contributed by atoms with Gasteiger partial charge in [0.05, 0.1) is 18.6 Å². The van der Waals surface area contributed by atoms with Crippen LogP contribution in [0.4, 0.5) is 5.69 Å². The number of aromatic carboxylic acids is 1. The second-order valence-electron chi connectivity index (χ2n) is 10.1. The molecule has 1 spiro atoms. The van der Waals surface area contributed by atoms with Crippen molar-refractivity contribution in [3.8, 4) is 11.5 Å². The summed E-state index contributed by atoms with van der Waals surface area (Å²) in [5, 5.41) is 20.7. The molecule has 2 aromatic carbocycles. The van der Waals surface area contributed by atoms with Gasteiger partial charge in [0.15, 0.2) is 11.5 Å². The summed E-state index contributed by atoms with van der Waals surface area (Å²) in [5.74, 6) is -1.70. The highest BCUT2D eigenvalue weighted by molar-refractivity contribution is 5.94. The third-order valence-corrected chi connectivity index (χ3v) is 9.15. The standard InChI is InChI=1S/C27H26N2O6/c1-3-14-13-28-11-10-26-17-6-4-5-7-19(17)29-21(25(33)34-2)16(14)12-20(28)27(26,29)35-23-18(26)9-8-15(22(23)30)24(31)32/h3-9,16,20-21,30H,10-13H2,1-2H3,(H,31,32)/t16-,20-,21-,26+,27-/m1/s1. The summed E-state index contributed by atoms with van der Waals surface area (Å²) in [6.07, 6.45) is 3.55. The first-order valence-corrected chi connectivity index (χ1v) is 12.0. The lowest BCUT2D eigenvalue weighted by molar-refractivity contribution is -0.156. The topological polar surface area (TPSA) is 99.5 Å². The Hall–Kier alpha value is -3.52. The number of hydrogen-bond acceptors (Lipinski definition) is 7. The number of carbonyl (C=O) groups excluding carboxylic acids is 1. The Labute approximate surface area is 202 Å². The Morgan fingerprint density at radius 1 is 1.20 bits per heavy atom. The first kappa shape index (κ1) is 20.8. The van der Waals surface area contributed by atoms with Crippen molar-refractivity contribution < 1.29 is 29.3 Å². The number of carboxylic acid groups (broad SMARTS) is 1. The van der Waals surface area contributed by atoms with E-state index in [9.17, 15) is 19.8 Å². The quantitative estimate of drug-likeness (QED) is 0.507. The van der Waals surface area contributed by atoms with E-state index < -0.39 is 23.2 Å². The summed E-state index contributed by atoms with van der Waals surface area (Å²) >= 11 is 0. The first-order valence-electron chi connectivity index (χ1n) is 12.0. The molecule has 2 bridgehead atoms. The number of hydrogen-bond donors (Lipinski definition) is 2. The van der Waals surface area contributed by atoms with Crippen molar-refractivity contribution in [3.05, 3.63) is 64.7 Å². The molecule has 3 saturated heterocycles. The van der Waals surface area contributed by atoms with Crippen LogP contribution in [0, 0.1) is 5.92 Å². The van der Waals surface area contributed by atoms with Gasteiger partial charge in [-0.1, -0.05) is 35.9 Å². The molecular weight excluding hydrogens is 448 g/mol. The molecule has 3 fully saturated rings. The smallest absolute Gasteiger partial charge is 0.339 e. The maximum absolute atomic E-state index is 13.5. The third-order valence-electron chi connectivity index (χ3n) is 9.15. The van der Waals surface area contributed by atoms with Crippen LogP contribution in [0.3, 0.4) is 0 Å². The van der Waals surface area contributed by atoms with Crippen LogP contribution in [0.25, 0.3) is 0 Å². The average molecular weight is 475 g/mol. The zero-order chi connectivity index (χ0) is 24.3. The lowest BCUT2D eigenvalue weighted by Gasteiger charge is -2.64. The molecule has 5 aliphatic heterocycles. The molecule has 0 saturated carbocycles. The number of benzene rings is 2. The van der Waals surface area contributed by atoms with E-state index in [0.717, 1.165) is 29.9 Å². The molecule has 8 nitrogen and oxygen atoms in total. The predicted molar refractivity (Wildman–Crippen MR) is 126 cm³/mol. The van der Waals surface area contributed by atoms with E-state index in [4.69, 9.17) is 9.47 Å². The zero-order valence-electron chi connectivity index (χ0n) is 19.5. The molecule has 8 heteroatoms. The highest BCUT2D eigenvalue weighted by atomic mass is 16.5. The van der Waals surface area contributed by atoms with Gasteiger partial charge in [0.25, 0.3) is 0 Å². The number of anilines is 1. The Balaban J connectivity index is 1.58. The highest BCUT2D eigenvalue weighted by Crippen LogP contribution is 2.71. The third kappa shape index (κ3) is 2.10. The Bertz CT molecular complexity index is 1350. The molecule has 2 aromatic rings. The molecule has 180 valence electrons. The first-order chi connectivity index (χ1) is 16.9. The largest absolute Gasteiger partial charge is 0.504 e. The highest BCUT2D eigenvalue weighted by Gasteiger charge is 2.79. The van der Waals surface area contributed by atoms with Crippen LogP contribution in [-0.4, -0.2) is 65.1 Å². The lowest BCUT2D eigenvalue weighted by Crippen LogP contribution is -2.81. The summed E-state index contributed by atoms with van der Waals surface area (Å²) in [6.45, 7) is 3.59. The summed E-state index contributed by atoms with van der Waals surface area (Å²) < 4.78 is 12.2. The molecule has 35 heavy (non-hydrogen) atoms. The minimum absolute atomic E-state index is 0.0308. The normalized spacial score (nSPS) is 34.6. The summed E-state index contributed by atoms with van der Waals surface area (Å²) in [4.78, 5) is 29.8. The minimum Gasteiger partial charge on any atom is -0.504 e. The van der Waals surface area contributed by atoms with Crippen molar-refractivity contribution in [2.45, 2.75) is 43.0 Å². The number of allylic oxidation sites excluding steroid dienone is 1. The molecular formula is C27H26N2O6. The maximum Gasteiger partial charge on any atom is 0.339 e. The zero-order valence-corrected chi connectivity index (χ0v) is 19.5. The van der Waals surface area contributed by atoms with Gasteiger partial charge in [0.1, 0.15) is 11.6 Å². The molecule has 5 atom stereocenters. The number of phenols is 1. The van der Waals surface area contributed by atoms with E-state index in [0.29, 0.717) is 12.8 Å². The lowest BCUT2D eigenvalue weighted by atomic mass is 9.58. The number of methoxy groups -OCH3 is 1. The predicted octanol–water partition coefficient (Wildman–Crippen LogP) is 2.88. The second kappa shape index (κ2) is 6.57. The molecule has 0 radical (unpaired) electrons. The van der Waals surface area contributed by atoms with E-state index in [1.165, 1.54) is 18.7 Å². The minimum atomic E-state index is -1.21. The number of aromatic hydroxyl groups is 1. The van der Waals surface area contributed by atoms with Gasteiger partial charge in [0, 0.05) is 30.3 Å². The Morgan fingerprint density at radius 2 is 2.00 bits per heavy atom. The molecule has 0 unspecified atom stereocenters. The van der Waals surface area contributed by atoms with Crippen molar-refractivity contribution in [1.29, 1.82) is 0 Å². The van der Waals surface area contributed by atoms with Gasteiger partial charge in [-0.2, -0.15) is 0 Å². The van der Waals surface area contributed by atoms with E-state index in [1.54, 1.807) is 6.07 Å². The van der Waals surface area contributed by atoms with Crippen LogP contribution in [0.2, 0.25) is 0 Å². The van der Waals surface area contributed by atoms with E-state index >= 15 is 0 Å². The van der Waals surface area contributed by atoms with Gasteiger partial charge >= 0.3 is 11.9 Å². The number of carbonyl (C=O) groups is 2. The average Bonchev–Trinajstić information content (AvgIpc) is 3.31. The van der Waals surface area contributed by atoms with E-state index in [1.807, 2.05) is 25.1 Å². The number of nitrogens with zero attached hydrogens (tertiary/aromatic N) is 2. The number of para-hydroxylation sites is 1. The number of rotatable bonds is 2. The number of carboxylic acids is 1. The van der Waals surface area contributed by atoms with E-state index in [2.05, 4.69) is 21.9 Å². The van der Waals surface area contributed by atoms with Gasteiger partial charge in [0.2, 0.25) is 5.72 Å². The number of fused-ring (bicyclic) bond motifs is 4. The summed E-state index contributed by atoms with van der Waals surface area (Å²) in [6, 6.07) is 10.7. The second-order valence-corrected chi connectivity index (χ2v) is 10.1. The molecule has 0 aromatic heterocycles. The number of ether oxygens (including phenoxy) is 2. The molecule has 7 rings (SSSR count). The molecule has 0 amide bonds. The van der Waals surface area contributed by atoms with Gasteiger partial charge in [-0.3, -0.25) is 4.90 Å². The fourth-order valence-electron chi connectivity index (χ4n) is 7.92. The van der Waals surface area contributed by atoms with Crippen molar-refractivity contribution >= 4 is 17.6 Å². The van der Waals surface area contributed by atoms with Crippen LogP contribution < -0.4 is 9.64 Å². The van der Waals surface area contributed by atoms with Crippen molar-refractivity contribution in [3.63, 3.8) is 0 Å². The van der Waals surface area contributed by atoms with Gasteiger partial charge in [-0.05, 0) is 37.5 Å². The van der Waals surface area contributed by atoms with Crippen LogP contribution in [0.5, 0.6) is 11.5 Å². The number of piperidine rings is 3. The Kier molecular flexibility index (Phi) is 3.91. The van der Waals surface area contributed by atoms with Gasteiger partial charge < -0.3 is 24.6 Å². The van der Waals surface area contributed by atoms with Crippen LogP contribution in [0.15, 0.2) is 48.0 Å². The molecule has 5 aliphatic rings. The van der Waals surface area contributed by atoms with Crippen LogP contribution >= 0.6 is 0 Å². The Morgan fingerprint density at radius 3 is 2.74 bits per heavy atom. The van der Waals surface area contributed by atoms with Gasteiger partial charge in [-0.15, -0.1) is 0 Å². The molecule has 5 heterocycles.